The van der Waals surface area contributed by atoms with Crippen molar-refractivity contribution in [1.29, 1.82) is 0 Å². The quantitative estimate of drug-likeness (QED) is 0.441. The first-order chi connectivity index (χ1) is 6.41. The van der Waals surface area contributed by atoms with E-state index in [2.05, 4.69) is 12.8 Å². The molecule has 0 aromatic carbocycles. The summed E-state index contributed by atoms with van der Waals surface area (Å²) in [5.41, 5.74) is 0. The molecule has 79 valence electrons. The molecule has 2 fully saturated rings. The van der Waals surface area contributed by atoms with Gasteiger partial charge in [-0.25, -0.2) is 0 Å². The van der Waals surface area contributed by atoms with E-state index in [9.17, 15) is 0 Å². The Labute approximate surface area is 99.7 Å². The zero-order valence-corrected chi connectivity index (χ0v) is 11.7. The van der Waals surface area contributed by atoms with Gasteiger partial charge in [0.1, 0.15) is 0 Å². The topological polar surface area (TPSA) is 0 Å². The summed E-state index contributed by atoms with van der Waals surface area (Å²) in [6.45, 7) is 0. The first kappa shape index (κ1) is 14.3. The maximum absolute atomic E-state index is 4.91. The second-order valence-electron chi connectivity index (χ2n) is 3.21. The van der Waals surface area contributed by atoms with Crippen LogP contribution in [-0.4, -0.2) is 0 Å². The second-order valence-corrected chi connectivity index (χ2v) is 6.55. The van der Waals surface area contributed by atoms with Gasteiger partial charge in [-0.2, -0.15) is 25.7 Å². The zero-order valence-electron chi connectivity index (χ0n) is 8.01. The Morgan fingerprint density at radius 3 is 1.00 bits per heavy atom. The molecule has 2 saturated carbocycles. The van der Waals surface area contributed by atoms with Crippen molar-refractivity contribution in [3.05, 3.63) is 12.8 Å². The Morgan fingerprint density at radius 2 is 0.923 bits per heavy atom. The van der Waals surface area contributed by atoms with Gasteiger partial charge in [-0.1, -0.05) is 25.7 Å². The molecule has 2 aliphatic rings. The van der Waals surface area contributed by atoms with Crippen molar-refractivity contribution in [2.45, 2.75) is 51.4 Å². The van der Waals surface area contributed by atoms with Gasteiger partial charge in [-0.05, 0) is 0 Å². The van der Waals surface area contributed by atoms with Gasteiger partial charge in [-0.3, -0.25) is 0 Å². The van der Waals surface area contributed by atoms with E-state index in [4.69, 9.17) is 18.4 Å². The maximum atomic E-state index is 4.91. The molecule has 0 bridgehead atoms. The predicted molar refractivity (Wildman–Crippen MR) is 57.2 cm³/mol. The molecule has 0 unspecified atom stereocenters. The van der Waals surface area contributed by atoms with Crippen LogP contribution in [0.25, 0.3) is 0 Å². The van der Waals surface area contributed by atoms with Crippen LogP contribution in [0.15, 0.2) is 0 Å². The Morgan fingerprint density at radius 1 is 0.692 bits per heavy atom. The van der Waals surface area contributed by atoms with Crippen molar-refractivity contribution in [3.8, 4) is 0 Å². The van der Waals surface area contributed by atoms with Gasteiger partial charge in [0.15, 0.2) is 0 Å². The van der Waals surface area contributed by atoms with E-state index in [1.165, 1.54) is 51.4 Å². The van der Waals surface area contributed by atoms with Gasteiger partial charge in [-0.15, -0.1) is 0 Å². The van der Waals surface area contributed by atoms with Crippen LogP contribution >= 0.6 is 18.4 Å². The van der Waals surface area contributed by atoms with Gasteiger partial charge >= 0.3 is 36.0 Å². The Balaban J connectivity index is 0.000000174. The third-order valence-electron chi connectivity index (χ3n) is 2.13. The summed E-state index contributed by atoms with van der Waals surface area (Å²) >= 11 is -0.706. The van der Waals surface area contributed by atoms with Crippen LogP contribution in [0.1, 0.15) is 51.4 Å². The first-order valence-electron chi connectivity index (χ1n) is 4.97. The summed E-state index contributed by atoms with van der Waals surface area (Å²) in [7, 11) is 9.83. The van der Waals surface area contributed by atoms with E-state index >= 15 is 0 Å². The molecule has 13 heavy (non-hydrogen) atoms. The number of hydrogen-bond donors (Lipinski definition) is 0. The van der Waals surface area contributed by atoms with Gasteiger partial charge in [0, 0.05) is 0 Å². The van der Waals surface area contributed by atoms with Gasteiger partial charge in [0.05, 0.1) is 0 Å². The summed E-state index contributed by atoms with van der Waals surface area (Å²) in [5.74, 6) is 0. The summed E-state index contributed by atoms with van der Waals surface area (Å²) in [6, 6.07) is 0. The molecule has 0 atom stereocenters. The first-order valence-corrected chi connectivity index (χ1v) is 10.6. The Hall–Kier alpha value is 1.32. The molecule has 0 N–H and O–H groups in total. The van der Waals surface area contributed by atoms with Crippen molar-refractivity contribution >= 4 is 18.4 Å². The molecule has 0 nitrogen and oxygen atoms in total. The Kier molecular flexibility index (Phi) is 14.7. The van der Waals surface area contributed by atoms with Crippen molar-refractivity contribution in [2.24, 2.45) is 0 Å². The fourth-order valence-electron chi connectivity index (χ4n) is 1.44. The minimum atomic E-state index is -0.706. The van der Waals surface area contributed by atoms with Gasteiger partial charge < -0.3 is 12.8 Å². The molecular weight excluding hydrogens is 284 g/mol. The number of hydrogen-bond acceptors (Lipinski definition) is 0. The molecule has 0 saturated heterocycles. The molecule has 0 radical (unpaired) electrons. The van der Waals surface area contributed by atoms with Crippen LogP contribution in [0, 0.1) is 12.8 Å². The predicted octanol–water partition coefficient (Wildman–Crippen LogP) is 4.91. The van der Waals surface area contributed by atoms with E-state index in [1.807, 2.05) is 0 Å². The van der Waals surface area contributed by atoms with E-state index in [-0.39, 0.29) is 0 Å². The summed E-state index contributed by atoms with van der Waals surface area (Å²) in [6.07, 6.45) is 16.0. The average molecular weight is 302 g/mol. The van der Waals surface area contributed by atoms with Crippen LogP contribution in [0.2, 0.25) is 0 Å². The average Bonchev–Trinajstić information content (AvgIpc) is 2.85. The fourth-order valence-corrected chi connectivity index (χ4v) is 1.44. The van der Waals surface area contributed by atoms with Crippen LogP contribution in [0.3, 0.4) is 0 Å². The van der Waals surface area contributed by atoms with Crippen molar-refractivity contribution in [2.75, 3.05) is 0 Å². The van der Waals surface area contributed by atoms with E-state index in [0.717, 1.165) is 0 Å². The van der Waals surface area contributed by atoms with Crippen LogP contribution in [-0.2, 0) is 17.6 Å². The van der Waals surface area contributed by atoms with E-state index < -0.39 is 17.6 Å². The standard InChI is InChI=1S/2C5H9.2ClH.Nb/c2*1-2-4-5-3-1;;;/h2*1H,2-5H2;2*1H;/q2*-1;;;+2/p-2. The third-order valence-corrected chi connectivity index (χ3v) is 2.13. The summed E-state index contributed by atoms with van der Waals surface area (Å²) in [4.78, 5) is 0. The third kappa shape index (κ3) is 13.3. The van der Waals surface area contributed by atoms with Crippen LogP contribution in [0.5, 0.6) is 0 Å². The zero-order chi connectivity index (χ0) is 9.78. The molecular formula is C10H18Cl2Nb-2. The Bertz CT molecular complexity index is 55.8. The van der Waals surface area contributed by atoms with Crippen molar-refractivity contribution < 1.29 is 17.6 Å². The normalized spacial score (nSPS) is 19.5. The molecule has 2 rings (SSSR count). The van der Waals surface area contributed by atoms with Crippen molar-refractivity contribution in [3.63, 3.8) is 0 Å². The summed E-state index contributed by atoms with van der Waals surface area (Å²) < 4.78 is 0. The van der Waals surface area contributed by atoms with Crippen molar-refractivity contribution in [1.82, 2.24) is 0 Å². The van der Waals surface area contributed by atoms with Gasteiger partial charge in [0.2, 0.25) is 0 Å². The fraction of sp³-hybridized carbons (Fsp3) is 0.800. The van der Waals surface area contributed by atoms with E-state index in [0.29, 0.717) is 0 Å². The number of rotatable bonds is 0. The molecule has 0 spiro atoms. The van der Waals surface area contributed by atoms with Gasteiger partial charge in [0.25, 0.3) is 0 Å². The molecule has 0 aliphatic heterocycles. The summed E-state index contributed by atoms with van der Waals surface area (Å²) in [5, 5.41) is 0. The monoisotopic (exact) mass is 301 g/mol. The SMILES string of the molecule is [CH-]1CCCC1.[CH-]1CCCC1.[Cl][Nb][Cl]. The molecule has 3 heteroatoms. The molecule has 0 aromatic heterocycles. The number of halogens is 2. The van der Waals surface area contributed by atoms with E-state index in [1.54, 1.807) is 0 Å². The minimum absolute atomic E-state index is 0.706. The molecule has 0 amide bonds. The van der Waals surface area contributed by atoms with Crippen LogP contribution < -0.4 is 0 Å². The van der Waals surface area contributed by atoms with Crippen LogP contribution in [0.4, 0.5) is 0 Å². The molecule has 0 heterocycles. The second kappa shape index (κ2) is 13.3. The molecule has 2 aliphatic carbocycles. The molecule has 0 aromatic rings.